The summed E-state index contributed by atoms with van der Waals surface area (Å²) in [5.41, 5.74) is 6.64. The number of esters is 1. The number of carbonyl (C=O) groups is 2. The van der Waals surface area contributed by atoms with Gasteiger partial charge in [0, 0.05) is 31.3 Å². The SMILES string of the molecule is CCCCCCCCCC(=O)OCCOCCNC(=O)[C@@H](N)Cc1cnc[nH]1. The Morgan fingerprint density at radius 1 is 1.14 bits per heavy atom. The zero-order chi connectivity index (χ0) is 20.5. The Kier molecular flexibility index (Phi) is 13.8. The average molecular weight is 397 g/mol. The quantitative estimate of drug-likeness (QED) is 0.274. The number of carbonyl (C=O) groups excluding carboxylic acids is 2. The standard InChI is InChI=1S/C20H36N4O4/c1-2-3-4-5-6-7-8-9-19(25)28-13-12-27-11-10-23-20(26)18(21)14-17-15-22-16-24-17/h15-16,18H,2-14,21H2,1H3,(H,22,24)(H,23,26)/t18-/m0/s1. The summed E-state index contributed by atoms with van der Waals surface area (Å²) in [6.45, 7) is 3.47. The van der Waals surface area contributed by atoms with Gasteiger partial charge in [-0.25, -0.2) is 4.98 Å². The summed E-state index contributed by atoms with van der Waals surface area (Å²) in [5, 5.41) is 2.72. The van der Waals surface area contributed by atoms with Gasteiger partial charge in [-0.2, -0.15) is 0 Å². The molecule has 0 aliphatic heterocycles. The minimum atomic E-state index is -0.631. The number of nitrogens with one attached hydrogen (secondary N) is 2. The molecule has 0 bridgehead atoms. The highest BCUT2D eigenvalue weighted by atomic mass is 16.6. The van der Waals surface area contributed by atoms with Crippen LogP contribution in [0.3, 0.4) is 0 Å². The topological polar surface area (TPSA) is 119 Å². The Balaban J connectivity index is 1.88. The lowest BCUT2D eigenvalue weighted by Gasteiger charge is -2.11. The van der Waals surface area contributed by atoms with Gasteiger partial charge in [0.2, 0.25) is 5.91 Å². The molecule has 1 aromatic heterocycles. The first-order chi connectivity index (χ1) is 13.6. The highest BCUT2D eigenvalue weighted by molar-refractivity contribution is 5.81. The predicted molar refractivity (Wildman–Crippen MR) is 108 cm³/mol. The molecular weight excluding hydrogens is 360 g/mol. The Bertz CT molecular complexity index is 522. The van der Waals surface area contributed by atoms with E-state index in [0.717, 1.165) is 18.5 Å². The minimum absolute atomic E-state index is 0.171. The smallest absolute Gasteiger partial charge is 0.305 e. The molecule has 0 radical (unpaired) electrons. The molecule has 8 nitrogen and oxygen atoms in total. The fraction of sp³-hybridized carbons (Fsp3) is 0.750. The van der Waals surface area contributed by atoms with Gasteiger partial charge in [0.15, 0.2) is 0 Å². The molecule has 0 spiro atoms. The van der Waals surface area contributed by atoms with Crippen molar-refractivity contribution in [1.82, 2.24) is 15.3 Å². The summed E-state index contributed by atoms with van der Waals surface area (Å²) >= 11 is 0. The van der Waals surface area contributed by atoms with Crippen LogP contribution in [0.15, 0.2) is 12.5 Å². The van der Waals surface area contributed by atoms with Crippen LogP contribution in [0, 0.1) is 0 Å². The molecule has 0 unspecified atom stereocenters. The van der Waals surface area contributed by atoms with Crippen molar-refractivity contribution in [3.63, 3.8) is 0 Å². The zero-order valence-electron chi connectivity index (χ0n) is 17.1. The van der Waals surface area contributed by atoms with Crippen LogP contribution in [0.25, 0.3) is 0 Å². The first-order valence-corrected chi connectivity index (χ1v) is 10.4. The molecule has 0 fully saturated rings. The molecule has 8 heteroatoms. The van der Waals surface area contributed by atoms with Crippen LogP contribution in [-0.4, -0.2) is 54.3 Å². The van der Waals surface area contributed by atoms with E-state index in [0.29, 0.717) is 32.6 Å². The number of hydrogen-bond acceptors (Lipinski definition) is 6. The van der Waals surface area contributed by atoms with Crippen LogP contribution in [0.4, 0.5) is 0 Å². The number of amides is 1. The predicted octanol–water partition coefficient (Wildman–Crippen LogP) is 2.10. The first kappa shape index (κ1) is 24.1. The van der Waals surface area contributed by atoms with Crippen LogP contribution in [-0.2, 0) is 25.5 Å². The summed E-state index contributed by atoms with van der Waals surface area (Å²) in [5.74, 6) is -0.408. The van der Waals surface area contributed by atoms with Crippen LogP contribution < -0.4 is 11.1 Å². The summed E-state index contributed by atoms with van der Waals surface area (Å²) in [4.78, 5) is 30.3. The van der Waals surface area contributed by atoms with Gasteiger partial charge in [0.25, 0.3) is 0 Å². The molecule has 0 saturated heterocycles. The monoisotopic (exact) mass is 396 g/mol. The number of ether oxygens (including phenoxy) is 2. The second-order valence-corrected chi connectivity index (χ2v) is 6.88. The van der Waals surface area contributed by atoms with E-state index in [1.165, 1.54) is 32.1 Å². The van der Waals surface area contributed by atoms with E-state index in [-0.39, 0.29) is 18.5 Å². The molecule has 4 N–H and O–H groups in total. The number of rotatable bonds is 17. The molecule has 1 rings (SSSR count). The lowest BCUT2D eigenvalue weighted by atomic mass is 10.1. The number of hydrogen-bond donors (Lipinski definition) is 3. The van der Waals surface area contributed by atoms with Gasteiger partial charge in [-0.05, 0) is 6.42 Å². The van der Waals surface area contributed by atoms with Crippen molar-refractivity contribution in [2.75, 3.05) is 26.4 Å². The Morgan fingerprint density at radius 2 is 1.89 bits per heavy atom. The number of imidazole rings is 1. The number of unbranched alkanes of at least 4 members (excludes halogenated alkanes) is 6. The van der Waals surface area contributed by atoms with Crippen molar-refractivity contribution >= 4 is 11.9 Å². The minimum Gasteiger partial charge on any atom is -0.463 e. The molecule has 1 aromatic rings. The van der Waals surface area contributed by atoms with Gasteiger partial charge in [0.05, 0.1) is 25.6 Å². The Morgan fingerprint density at radius 3 is 2.61 bits per heavy atom. The van der Waals surface area contributed by atoms with E-state index >= 15 is 0 Å². The molecule has 0 aliphatic carbocycles. The molecule has 160 valence electrons. The maximum absolute atomic E-state index is 11.9. The fourth-order valence-electron chi connectivity index (χ4n) is 2.72. The van der Waals surface area contributed by atoms with Crippen molar-refractivity contribution in [2.24, 2.45) is 5.73 Å². The third-order valence-electron chi connectivity index (χ3n) is 4.35. The number of nitrogens with two attached hydrogens (primary N) is 1. The summed E-state index contributed by atoms with van der Waals surface area (Å²) in [6, 6.07) is -0.631. The zero-order valence-corrected chi connectivity index (χ0v) is 17.1. The lowest BCUT2D eigenvalue weighted by Crippen LogP contribution is -2.43. The van der Waals surface area contributed by atoms with E-state index in [1.54, 1.807) is 12.5 Å². The molecule has 1 atom stereocenters. The molecule has 0 aliphatic rings. The maximum atomic E-state index is 11.9. The molecule has 28 heavy (non-hydrogen) atoms. The van der Waals surface area contributed by atoms with Gasteiger partial charge >= 0.3 is 5.97 Å². The average Bonchev–Trinajstić information content (AvgIpc) is 3.19. The van der Waals surface area contributed by atoms with Crippen molar-refractivity contribution in [1.29, 1.82) is 0 Å². The largest absolute Gasteiger partial charge is 0.463 e. The summed E-state index contributed by atoms with van der Waals surface area (Å²) in [6.07, 6.45) is 12.3. The molecule has 0 aromatic carbocycles. The molecular formula is C20H36N4O4. The molecule has 1 amide bonds. The second kappa shape index (κ2) is 16.1. The van der Waals surface area contributed by atoms with E-state index in [2.05, 4.69) is 22.2 Å². The van der Waals surface area contributed by atoms with E-state index in [1.807, 2.05) is 0 Å². The van der Waals surface area contributed by atoms with E-state index in [9.17, 15) is 9.59 Å². The molecule has 1 heterocycles. The number of H-pyrrole nitrogens is 1. The third kappa shape index (κ3) is 12.5. The van der Waals surface area contributed by atoms with E-state index in [4.69, 9.17) is 15.2 Å². The van der Waals surface area contributed by atoms with Crippen LogP contribution in [0.5, 0.6) is 0 Å². The normalized spacial score (nSPS) is 11.9. The Labute approximate surface area is 168 Å². The second-order valence-electron chi connectivity index (χ2n) is 6.88. The highest BCUT2D eigenvalue weighted by Crippen LogP contribution is 2.08. The fourth-order valence-corrected chi connectivity index (χ4v) is 2.72. The van der Waals surface area contributed by atoms with Crippen molar-refractivity contribution < 1.29 is 19.1 Å². The summed E-state index contributed by atoms with van der Waals surface area (Å²) < 4.78 is 10.5. The maximum Gasteiger partial charge on any atom is 0.305 e. The number of aromatic amines is 1. The molecule has 0 saturated carbocycles. The van der Waals surface area contributed by atoms with Gasteiger partial charge in [0.1, 0.15) is 6.61 Å². The first-order valence-electron chi connectivity index (χ1n) is 10.4. The lowest BCUT2D eigenvalue weighted by molar-refractivity contribution is -0.145. The number of aromatic nitrogens is 2. The van der Waals surface area contributed by atoms with Crippen molar-refractivity contribution in [3.05, 3.63) is 18.2 Å². The van der Waals surface area contributed by atoms with Crippen molar-refractivity contribution in [2.45, 2.75) is 70.8 Å². The van der Waals surface area contributed by atoms with Crippen LogP contribution >= 0.6 is 0 Å². The van der Waals surface area contributed by atoms with Crippen molar-refractivity contribution in [3.8, 4) is 0 Å². The van der Waals surface area contributed by atoms with Gasteiger partial charge in [-0.15, -0.1) is 0 Å². The van der Waals surface area contributed by atoms with E-state index < -0.39 is 6.04 Å². The van der Waals surface area contributed by atoms with Gasteiger partial charge < -0.3 is 25.5 Å². The van der Waals surface area contributed by atoms with Crippen LogP contribution in [0.2, 0.25) is 0 Å². The Hall–Kier alpha value is -1.93. The summed E-state index contributed by atoms with van der Waals surface area (Å²) in [7, 11) is 0. The van der Waals surface area contributed by atoms with Gasteiger partial charge in [-0.3, -0.25) is 9.59 Å². The van der Waals surface area contributed by atoms with Crippen LogP contribution in [0.1, 0.15) is 64.0 Å². The third-order valence-corrected chi connectivity index (χ3v) is 4.35. The number of nitrogens with zero attached hydrogens (tertiary/aromatic N) is 1. The highest BCUT2D eigenvalue weighted by Gasteiger charge is 2.14. The van der Waals surface area contributed by atoms with Gasteiger partial charge in [-0.1, -0.05) is 45.4 Å².